The number of carbonyl (C=O) groups is 1. The van der Waals surface area contributed by atoms with Crippen molar-refractivity contribution in [1.82, 2.24) is 14.5 Å². The first-order valence-electron chi connectivity index (χ1n) is 9.33. The van der Waals surface area contributed by atoms with Crippen LogP contribution in [0.1, 0.15) is 33.8 Å². The molecule has 3 aromatic rings. The number of H-pyrrole nitrogens is 1. The van der Waals surface area contributed by atoms with Crippen LogP contribution in [-0.4, -0.2) is 41.6 Å². The van der Waals surface area contributed by atoms with Crippen molar-refractivity contribution in [3.63, 3.8) is 0 Å². The lowest BCUT2D eigenvalue weighted by atomic mass is 9.79. The molecule has 0 aliphatic heterocycles. The normalized spacial score (nSPS) is 15.7. The summed E-state index contributed by atoms with van der Waals surface area (Å²) in [6, 6.07) is 3.63. The summed E-state index contributed by atoms with van der Waals surface area (Å²) in [5.74, 6) is 1.13. The van der Waals surface area contributed by atoms with E-state index in [9.17, 15) is 14.4 Å². The van der Waals surface area contributed by atoms with Crippen LogP contribution in [-0.2, 0) is 13.5 Å². The van der Waals surface area contributed by atoms with Crippen LogP contribution in [0.25, 0.3) is 11.0 Å². The second-order valence-electron chi connectivity index (χ2n) is 7.15. The zero-order chi connectivity index (χ0) is 21.6. The molecular formula is C21H21N3O6. The van der Waals surface area contributed by atoms with E-state index < -0.39 is 11.2 Å². The molecule has 30 heavy (non-hydrogen) atoms. The smallest absolute Gasteiger partial charge is 0.329 e. The van der Waals surface area contributed by atoms with Gasteiger partial charge in [0.25, 0.3) is 5.56 Å². The number of pyridine rings is 1. The average Bonchev–Trinajstić information content (AvgIpc) is 2.75. The number of rotatable bonds is 4. The van der Waals surface area contributed by atoms with Crippen LogP contribution >= 0.6 is 0 Å². The van der Waals surface area contributed by atoms with Crippen molar-refractivity contribution in [1.29, 1.82) is 0 Å². The van der Waals surface area contributed by atoms with Crippen LogP contribution in [0.5, 0.6) is 17.2 Å². The van der Waals surface area contributed by atoms with Crippen molar-refractivity contribution >= 4 is 16.8 Å². The van der Waals surface area contributed by atoms with E-state index in [-0.39, 0.29) is 29.2 Å². The van der Waals surface area contributed by atoms with Crippen molar-refractivity contribution in [2.75, 3.05) is 21.3 Å². The summed E-state index contributed by atoms with van der Waals surface area (Å²) in [5.41, 5.74) is 0.983. The van der Waals surface area contributed by atoms with Gasteiger partial charge in [-0.05, 0) is 35.6 Å². The number of methoxy groups -OCH3 is 3. The number of Topliss-reactive ketones (excluding diaryl/α,β-unsaturated/α-hetero) is 1. The van der Waals surface area contributed by atoms with Crippen LogP contribution in [0.3, 0.4) is 0 Å². The molecule has 4 rings (SSSR count). The molecule has 0 radical (unpaired) electrons. The Balaban J connectivity index is 1.90. The lowest BCUT2D eigenvalue weighted by molar-refractivity contribution is 0.0964. The van der Waals surface area contributed by atoms with Crippen LogP contribution in [0.4, 0.5) is 0 Å². The number of hydrogen-bond donors (Lipinski definition) is 1. The van der Waals surface area contributed by atoms with Crippen LogP contribution in [0.15, 0.2) is 27.9 Å². The largest absolute Gasteiger partial charge is 0.493 e. The quantitative estimate of drug-likeness (QED) is 0.693. The van der Waals surface area contributed by atoms with Gasteiger partial charge in [0.15, 0.2) is 17.3 Å². The maximum Gasteiger partial charge on any atom is 0.329 e. The van der Waals surface area contributed by atoms with Gasteiger partial charge in [-0.25, -0.2) is 9.78 Å². The molecule has 0 saturated heterocycles. The molecule has 0 amide bonds. The average molecular weight is 411 g/mol. The van der Waals surface area contributed by atoms with E-state index in [0.29, 0.717) is 34.8 Å². The minimum atomic E-state index is -0.553. The molecule has 1 unspecified atom stereocenters. The molecule has 9 nitrogen and oxygen atoms in total. The Kier molecular flexibility index (Phi) is 4.81. The molecule has 1 atom stereocenters. The second-order valence-corrected chi connectivity index (χ2v) is 7.15. The number of fused-ring (bicyclic) bond motifs is 3. The van der Waals surface area contributed by atoms with Crippen LogP contribution in [0.2, 0.25) is 0 Å². The van der Waals surface area contributed by atoms with Crippen molar-refractivity contribution in [2.45, 2.75) is 18.8 Å². The summed E-state index contributed by atoms with van der Waals surface area (Å²) >= 11 is 0. The predicted octanol–water partition coefficient (Wildman–Crippen LogP) is 1.56. The van der Waals surface area contributed by atoms with Gasteiger partial charge >= 0.3 is 5.69 Å². The van der Waals surface area contributed by atoms with Crippen LogP contribution < -0.4 is 25.5 Å². The van der Waals surface area contributed by atoms with E-state index in [1.54, 1.807) is 0 Å². The first-order chi connectivity index (χ1) is 14.4. The van der Waals surface area contributed by atoms with Gasteiger partial charge in [-0.15, -0.1) is 0 Å². The zero-order valence-corrected chi connectivity index (χ0v) is 17.1. The third kappa shape index (κ3) is 2.94. The minimum absolute atomic E-state index is 0.113. The molecule has 0 spiro atoms. The standard InChI is InChI=1S/C21H21N3O6/c1-24-19-17(20(26)23-21(24)27)12-5-10(6-14(25)13(12)9-22-19)11-7-15(28-2)18(30-4)16(8-11)29-3/h7-10H,5-6H2,1-4H3,(H,23,26,27). The Bertz CT molecular complexity index is 1270. The monoisotopic (exact) mass is 411 g/mol. The first-order valence-corrected chi connectivity index (χ1v) is 9.33. The topological polar surface area (TPSA) is 113 Å². The highest BCUT2D eigenvalue weighted by Crippen LogP contribution is 2.43. The molecule has 9 heteroatoms. The van der Waals surface area contributed by atoms with Crippen LogP contribution in [0, 0.1) is 0 Å². The molecular weight excluding hydrogens is 390 g/mol. The van der Waals surface area contributed by atoms with E-state index >= 15 is 0 Å². The van der Waals surface area contributed by atoms with Gasteiger partial charge in [-0.1, -0.05) is 0 Å². The third-order valence-electron chi connectivity index (χ3n) is 5.58. The number of ether oxygens (including phenoxy) is 3. The molecule has 0 bridgehead atoms. The maximum atomic E-state index is 12.9. The number of carbonyl (C=O) groups excluding carboxylic acids is 1. The number of hydrogen-bond acceptors (Lipinski definition) is 7. The van der Waals surface area contributed by atoms with Gasteiger partial charge < -0.3 is 14.2 Å². The Morgan fingerprint density at radius 3 is 2.30 bits per heavy atom. The zero-order valence-electron chi connectivity index (χ0n) is 17.1. The van der Waals surface area contributed by atoms with E-state index in [0.717, 1.165) is 5.56 Å². The number of nitrogens with zero attached hydrogens (tertiary/aromatic N) is 2. The van der Waals surface area contributed by atoms with Crippen molar-refractivity contribution in [2.24, 2.45) is 7.05 Å². The second kappa shape index (κ2) is 7.33. The number of benzene rings is 1. The number of aromatic amines is 1. The van der Waals surface area contributed by atoms with Gasteiger partial charge in [0.2, 0.25) is 5.75 Å². The summed E-state index contributed by atoms with van der Waals surface area (Å²) in [4.78, 5) is 43.9. The molecule has 1 N–H and O–H groups in total. The fraction of sp³-hybridized carbons (Fsp3) is 0.333. The van der Waals surface area contributed by atoms with Gasteiger partial charge in [-0.3, -0.25) is 19.1 Å². The first kappa shape index (κ1) is 19.7. The Labute approximate surface area is 171 Å². The predicted molar refractivity (Wildman–Crippen MR) is 109 cm³/mol. The highest BCUT2D eigenvalue weighted by molar-refractivity contribution is 6.02. The molecule has 1 aromatic carbocycles. The Morgan fingerprint density at radius 2 is 1.70 bits per heavy atom. The van der Waals surface area contributed by atoms with Crippen molar-refractivity contribution in [3.8, 4) is 17.2 Å². The lowest BCUT2D eigenvalue weighted by Crippen LogP contribution is -2.31. The van der Waals surface area contributed by atoms with Crippen molar-refractivity contribution < 1.29 is 19.0 Å². The van der Waals surface area contributed by atoms with E-state index in [1.807, 2.05) is 12.1 Å². The molecule has 2 aromatic heterocycles. The van der Waals surface area contributed by atoms with E-state index in [4.69, 9.17) is 14.2 Å². The summed E-state index contributed by atoms with van der Waals surface area (Å²) in [7, 11) is 6.11. The summed E-state index contributed by atoms with van der Waals surface area (Å²) in [6.07, 6.45) is 2.13. The molecule has 0 fully saturated rings. The summed E-state index contributed by atoms with van der Waals surface area (Å²) < 4.78 is 17.5. The van der Waals surface area contributed by atoms with Gasteiger partial charge in [0, 0.05) is 25.2 Å². The van der Waals surface area contributed by atoms with Gasteiger partial charge in [0.05, 0.1) is 26.7 Å². The lowest BCUT2D eigenvalue weighted by Gasteiger charge is -2.26. The Hall–Kier alpha value is -3.62. The van der Waals surface area contributed by atoms with Gasteiger partial charge in [-0.2, -0.15) is 0 Å². The summed E-state index contributed by atoms with van der Waals surface area (Å²) in [6.45, 7) is 0. The number of nitrogens with one attached hydrogen (secondary N) is 1. The van der Waals surface area contributed by atoms with Crippen molar-refractivity contribution in [3.05, 3.63) is 55.9 Å². The SMILES string of the molecule is COc1cc(C2CC(=O)c3cnc4c(c3C2)c(=O)[nH]c(=O)n4C)cc(OC)c1OC. The van der Waals surface area contributed by atoms with Gasteiger partial charge in [0.1, 0.15) is 5.65 Å². The highest BCUT2D eigenvalue weighted by atomic mass is 16.5. The summed E-state index contributed by atoms with van der Waals surface area (Å²) in [5, 5.41) is 0.264. The molecule has 2 heterocycles. The minimum Gasteiger partial charge on any atom is -0.493 e. The molecule has 156 valence electrons. The Morgan fingerprint density at radius 1 is 1.03 bits per heavy atom. The fourth-order valence-corrected chi connectivity index (χ4v) is 4.05. The number of aromatic nitrogens is 3. The maximum absolute atomic E-state index is 12.9. The number of ketones is 1. The third-order valence-corrected chi connectivity index (χ3v) is 5.58. The molecule has 1 aliphatic rings. The van der Waals surface area contributed by atoms with E-state index in [2.05, 4.69) is 9.97 Å². The number of aryl methyl sites for hydroxylation is 1. The molecule has 1 aliphatic carbocycles. The highest BCUT2D eigenvalue weighted by Gasteiger charge is 2.31. The van der Waals surface area contributed by atoms with E-state index in [1.165, 1.54) is 39.1 Å². The fourth-order valence-electron chi connectivity index (χ4n) is 4.05. The molecule has 0 saturated carbocycles.